The van der Waals surface area contributed by atoms with E-state index >= 15 is 0 Å². The fourth-order valence-electron chi connectivity index (χ4n) is 2.72. The third-order valence-corrected chi connectivity index (χ3v) is 4.73. The lowest BCUT2D eigenvalue weighted by Gasteiger charge is -2.26. The molecule has 0 spiro atoms. The van der Waals surface area contributed by atoms with Crippen LogP contribution >= 0.6 is 15.9 Å². The smallest absolute Gasteiger partial charge is 0.261 e. The summed E-state index contributed by atoms with van der Waals surface area (Å²) in [4.78, 5) is 30.9. The monoisotopic (exact) mass is 379 g/mol. The zero-order chi connectivity index (χ0) is 17.0. The maximum absolute atomic E-state index is 12.5. The third kappa shape index (κ3) is 3.99. The van der Waals surface area contributed by atoms with Crippen molar-refractivity contribution < 1.29 is 4.79 Å². The number of benzene rings is 1. The number of fused-ring (bicyclic) bond motifs is 1. The average Bonchev–Trinajstić information content (AvgIpc) is 2.55. The first-order valence-electron chi connectivity index (χ1n) is 7.88. The van der Waals surface area contributed by atoms with E-state index in [2.05, 4.69) is 34.8 Å². The number of aryl methyl sites for hydroxylation is 1. The minimum Gasteiger partial charge on any atom is -0.343 e. The Labute approximate surface area is 144 Å². The quantitative estimate of drug-likeness (QED) is 0.774. The molecule has 1 aromatic heterocycles. The van der Waals surface area contributed by atoms with E-state index in [1.54, 1.807) is 17.0 Å². The topological polar surface area (TPSA) is 55.2 Å². The number of amides is 1. The first-order chi connectivity index (χ1) is 11.0. The summed E-state index contributed by atoms with van der Waals surface area (Å²) in [7, 11) is 1.83. The van der Waals surface area contributed by atoms with Gasteiger partial charge in [0.15, 0.2) is 0 Å². The molecule has 0 aliphatic rings. The summed E-state index contributed by atoms with van der Waals surface area (Å²) in [6, 6.07) is 5.67. The lowest BCUT2D eigenvalue weighted by molar-refractivity contribution is -0.132. The van der Waals surface area contributed by atoms with Gasteiger partial charge in [-0.1, -0.05) is 29.8 Å². The Hall–Kier alpha value is -1.69. The zero-order valence-electron chi connectivity index (χ0n) is 13.8. The van der Waals surface area contributed by atoms with E-state index in [1.807, 2.05) is 13.1 Å². The summed E-state index contributed by atoms with van der Waals surface area (Å²) >= 11 is 3.37. The predicted molar refractivity (Wildman–Crippen MR) is 95.5 cm³/mol. The normalized spacial score (nSPS) is 11.2. The van der Waals surface area contributed by atoms with Crippen LogP contribution in [0.3, 0.4) is 0 Å². The fraction of sp³-hybridized carbons (Fsp3) is 0.471. The van der Waals surface area contributed by atoms with Crippen LogP contribution in [0.1, 0.15) is 33.1 Å². The molecule has 0 unspecified atom stereocenters. The third-order valence-electron chi connectivity index (χ3n) is 4.24. The van der Waals surface area contributed by atoms with Crippen molar-refractivity contribution in [2.24, 2.45) is 0 Å². The number of rotatable bonds is 6. The van der Waals surface area contributed by atoms with E-state index in [9.17, 15) is 9.59 Å². The second-order valence-corrected chi connectivity index (χ2v) is 6.55. The number of nitrogens with zero attached hydrogens (tertiary/aromatic N) is 3. The Bertz CT molecular complexity index is 753. The molecule has 6 heteroatoms. The number of carbonyl (C=O) groups is 1. The van der Waals surface area contributed by atoms with Crippen LogP contribution in [-0.4, -0.2) is 33.4 Å². The highest BCUT2D eigenvalue weighted by atomic mass is 79.9. The molecule has 0 fully saturated rings. The molecule has 124 valence electrons. The Balaban J connectivity index is 2.15. The van der Waals surface area contributed by atoms with Crippen LogP contribution in [0.5, 0.6) is 0 Å². The van der Waals surface area contributed by atoms with Crippen molar-refractivity contribution in [3.05, 3.63) is 39.4 Å². The number of carbonyl (C=O) groups excluding carboxylic acids is 1. The molecule has 0 aliphatic heterocycles. The molecule has 23 heavy (non-hydrogen) atoms. The molecule has 0 saturated heterocycles. The Morgan fingerprint density at radius 3 is 2.70 bits per heavy atom. The van der Waals surface area contributed by atoms with Crippen LogP contribution in [-0.2, 0) is 11.3 Å². The molecule has 1 amide bonds. The van der Waals surface area contributed by atoms with Gasteiger partial charge in [0.2, 0.25) is 5.91 Å². The molecular weight excluding hydrogens is 358 g/mol. The van der Waals surface area contributed by atoms with Crippen molar-refractivity contribution in [3.8, 4) is 0 Å². The average molecular weight is 380 g/mol. The van der Waals surface area contributed by atoms with E-state index in [0.717, 1.165) is 17.3 Å². The lowest BCUT2D eigenvalue weighted by Crippen LogP contribution is -2.37. The maximum atomic E-state index is 12.5. The van der Waals surface area contributed by atoms with Gasteiger partial charge < -0.3 is 4.90 Å². The van der Waals surface area contributed by atoms with Crippen molar-refractivity contribution in [1.82, 2.24) is 14.5 Å². The molecule has 5 nitrogen and oxygen atoms in total. The van der Waals surface area contributed by atoms with Crippen LogP contribution in [0.25, 0.3) is 10.9 Å². The summed E-state index contributed by atoms with van der Waals surface area (Å²) in [5.41, 5.74) is 0.546. The molecule has 0 bridgehead atoms. The number of hydrogen-bond acceptors (Lipinski definition) is 3. The van der Waals surface area contributed by atoms with Crippen molar-refractivity contribution in [2.75, 3.05) is 7.05 Å². The molecule has 0 atom stereocenters. The minimum atomic E-state index is -0.116. The Morgan fingerprint density at radius 2 is 2.04 bits per heavy atom. The van der Waals surface area contributed by atoms with E-state index in [1.165, 1.54) is 10.9 Å². The van der Waals surface area contributed by atoms with Gasteiger partial charge in [-0.2, -0.15) is 0 Å². The molecule has 0 saturated carbocycles. The summed E-state index contributed by atoms with van der Waals surface area (Å²) in [5, 5.41) is 0.558. The Morgan fingerprint density at radius 1 is 1.35 bits per heavy atom. The van der Waals surface area contributed by atoms with Gasteiger partial charge in [0.05, 0.1) is 17.2 Å². The van der Waals surface area contributed by atoms with Gasteiger partial charge in [0, 0.05) is 30.5 Å². The molecule has 0 radical (unpaired) electrons. The number of halogens is 1. The van der Waals surface area contributed by atoms with Gasteiger partial charge in [-0.25, -0.2) is 4.98 Å². The highest BCUT2D eigenvalue weighted by Gasteiger charge is 2.16. The van der Waals surface area contributed by atoms with Crippen molar-refractivity contribution >= 4 is 32.7 Å². The van der Waals surface area contributed by atoms with Crippen LogP contribution in [0, 0.1) is 0 Å². The van der Waals surface area contributed by atoms with Gasteiger partial charge in [0.1, 0.15) is 0 Å². The molecule has 0 aliphatic carbocycles. The minimum absolute atomic E-state index is 0.0555. The molecule has 1 aromatic carbocycles. The number of aromatic nitrogens is 2. The van der Waals surface area contributed by atoms with E-state index in [4.69, 9.17) is 0 Å². The van der Waals surface area contributed by atoms with Gasteiger partial charge in [-0.15, -0.1) is 0 Å². The Kier molecular flexibility index (Phi) is 5.93. The lowest BCUT2D eigenvalue weighted by atomic mass is 10.1. The van der Waals surface area contributed by atoms with E-state index in [0.29, 0.717) is 23.9 Å². The summed E-state index contributed by atoms with van der Waals surface area (Å²) < 4.78 is 2.35. The van der Waals surface area contributed by atoms with Crippen molar-refractivity contribution in [2.45, 2.75) is 45.7 Å². The van der Waals surface area contributed by atoms with Gasteiger partial charge in [-0.3, -0.25) is 14.2 Å². The van der Waals surface area contributed by atoms with Gasteiger partial charge in [0.25, 0.3) is 5.56 Å². The molecule has 2 rings (SSSR count). The molecule has 2 aromatic rings. The van der Waals surface area contributed by atoms with Gasteiger partial charge in [-0.05, 0) is 31.0 Å². The van der Waals surface area contributed by atoms with Crippen molar-refractivity contribution in [3.63, 3.8) is 0 Å². The molecule has 0 N–H and O–H groups in total. The van der Waals surface area contributed by atoms with E-state index in [-0.39, 0.29) is 17.5 Å². The predicted octanol–water partition coefficient (Wildman–Crippen LogP) is 3.20. The zero-order valence-corrected chi connectivity index (χ0v) is 15.3. The maximum Gasteiger partial charge on any atom is 0.261 e. The first kappa shape index (κ1) is 17.7. The second kappa shape index (κ2) is 7.73. The van der Waals surface area contributed by atoms with Crippen LogP contribution < -0.4 is 5.56 Å². The van der Waals surface area contributed by atoms with E-state index < -0.39 is 0 Å². The van der Waals surface area contributed by atoms with Crippen molar-refractivity contribution in [1.29, 1.82) is 0 Å². The largest absolute Gasteiger partial charge is 0.343 e. The SMILES string of the molecule is CCC(CC)N(C)C(=O)CCn1cnc2ccc(Br)cc2c1=O. The number of hydrogen-bond donors (Lipinski definition) is 0. The highest BCUT2D eigenvalue weighted by molar-refractivity contribution is 9.10. The second-order valence-electron chi connectivity index (χ2n) is 5.63. The van der Waals surface area contributed by atoms with Crippen LogP contribution in [0.2, 0.25) is 0 Å². The standard InChI is InChI=1S/C17H22BrN3O2/c1-4-13(5-2)20(3)16(22)8-9-21-11-19-15-7-6-12(18)10-14(15)17(21)23/h6-7,10-11,13H,4-5,8-9H2,1-3H3. The fourth-order valence-corrected chi connectivity index (χ4v) is 3.08. The highest BCUT2D eigenvalue weighted by Crippen LogP contribution is 2.15. The van der Waals surface area contributed by atoms with Crippen LogP contribution in [0.4, 0.5) is 0 Å². The van der Waals surface area contributed by atoms with Crippen LogP contribution in [0.15, 0.2) is 33.8 Å². The molecule has 1 heterocycles. The summed E-state index contributed by atoms with van der Waals surface area (Å²) in [5.74, 6) is 0.0555. The molecular formula is C17H22BrN3O2. The van der Waals surface area contributed by atoms with Gasteiger partial charge >= 0.3 is 0 Å². The summed E-state index contributed by atoms with van der Waals surface area (Å²) in [6.45, 7) is 4.50. The summed E-state index contributed by atoms with van der Waals surface area (Å²) in [6.07, 6.45) is 3.69. The first-order valence-corrected chi connectivity index (χ1v) is 8.67.